The summed E-state index contributed by atoms with van der Waals surface area (Å²) in [4.78, 5) is 25.1. The first-order valence-electron chi connectivity index (χ1n) is 6.81. The van der Waals surface area contributed by atoms with Gasteiger partial charge in [0.25, 0.3) is 5.91 Å². The number of carbonyl (C=O) groups excluding carboxylic acids is 2. The molecule has 0 unspecified atom stereocenters. The lowest BCUT2D eigenvalue weighted by Crippen LogP contribution is -2.44. The summed E-state index contributed by atoms with van der Waals surface area (Å²) in [5.41, 5.74) is 0.382. The first kappa shape index (κ1) is 13.8. The highest BCUT2D eigenvalue weighted by atomic mass is 19.1. The Kier molecular flexibility index (Phi) is 3.50. The molecule has 1 aromatic rings. The number of urea groups is 1. The topological polar surface area (TPSA) is 70.7 Å². The van der Waals surface area contributed by atoms with Crippen LogP contribution >= 0.6 is 0 Å². The van der Waals surface area contributed by atoms with Gasteiger partial charge in [-0.2, -0.15) is 0 Å². The summed E-state index contributed by atoms with van der Waals surface area (Å²) in [6, 6.07) is 3.78. The predicted octanol–water partition coefficient (Wildman–Crippen LogP) is 0.872. The van der Waals surface area contributed by atoms with E-state index in [0.717, 1.165) is 6.42 Å². The fourth-order valence-electron chi connectivity index (χ4n) is 2.81. The van der Waals surface area contributed by atoms with E-state index in [9.17, 15) is 14.0 Å². The molecule has 0 spiro atoms. The SMILES string of the molecule is CNC(=O)c1ccc(N2C(=O)N[C@@H]3CCOC[C@H]32)cc1F. The van der Waals surface area contributed by atoms with Gasteiger partial charge in [-0.3, -0.25) is 9.69 Å². The van der Waals surface area contributed by atoms with E-state index in [1.807, 2.05) is 0 Å². The molecule has 2 atom stereocenters. The van der Waals surface area contributed by atoms with E-state index in [1.54, 1.807) is 6.07 Å². The molecule has 2 N–H and O–H groups in total. The second-order valence-electron chi connectivity index (χ2n) is 5.10. The van der Waals surface area contributed by atoms with Crippen LogP contribution in [0.5, 0.6) is 0 Å². The second kappa shape index (κ2) is 5.33. The van der Waals surface area contributed by atoms with Gasteiger partial charge in [0.1, 0.15) is 5.82 Å². The summed E-state index contributed by atoms with van der Waals surface area (Å²) in [5.74, 6) is -1.15. The fraction of sp³-hybridized carbons (Fsp3) is 0.429. The maximum Gasteiger partial charge on any atom is 0.322 e. The molecule has 2 saturated heterocycles. The van der Waals surface area contributed by atoms with E-state index in [0.29, 0.717) is 18.9 Å². The number of halogens is 1. The van der Waals surface area contributed by atoms with Crippen LogP contribution in [0.4, 0.5) is 14.9 Å². The Labute approximate surface area is 121 Å². The number of hydrogen-bond acceptors (Lipinski definition) is 3. The monoisotopic (exact) mass is 293 g/mol. The molecule has 2 fully saturated rings. The van der Waals surface area contributed by atoms with E-state index in [2.05, 4.69) is 10.6 Å². The van der Waals surface area contributed by atoms with E-state index in [4.69, 9.17) is 4.74 Å². The number of hydrogen-bond donors (Lipinski definition) is 2. The number of nitrogens with one attached hydrogen (secondary N) is 2. The van der Waals surface area contributed by atoms with Gasteiger partial charge in [-0.25, -0.2) is 9.18 Å². The number of fused-ring (bicyclic) bond motifs is 1. The summed E-state index contributed by atoms with van der Waals surface area (Å²) in [7, 11) is 1.44. The number of rotatable bonds is 2. The third kappa shape index (κ3) is 2.33. The second-order valence-corrected chi connectivity index (χ2v) is 5.10. The molecular formula is C14H16FN3O3. The van der Waals surface area contributed by atoms with E-state index >= 15 is 0 Å². The van der Waals surface area contributed by atoms with Gasteiger partial charge in [0, 0.05) is 19.3 Å². The minimum absolute atomic E-state index is 0.0212. The lowest BCUT2D eigenvalue weighted by Gasteiger charge is -2.29. The highest BCUT2D eigenvalue weighted by Crippen LogP contribution is 2.28. The summed E-state index contributed by atoms with van der Waals surface area (Å²) >= 11 is 0. The molecule has 0 aliphatic carbocycles. The molecule has 1 aromatic carbocycles. The molecule has 112 valence electrons. The van der Waals surface area contributed by atoms with Crippen molar-refractivity contribution in [2.75, 3.05) is 25.2 Å². The Morgan fingerprint density at radius 3 is 3.05 bits per heavy atom. The van der Waals surface area contributed by atoms with Crippen molar-refractivity contribution in [1.29, 1.82) is 0 Å². The molecule has 6 nitrogen and oxygen atoms in total. The lowest BCUT2D eigenvalue weighted by molar-refractivity contribution is 0.0738. The average Bonchev–Trinajstić information content (AvgIpc) is 2.82. The zero-order valence-corrected chi connectivity index (χ0v) is 11.6. The quantitative estimate of drug-likeness (QED) is 0.850. The molecule has 2 heterocycles. The summed E-state index contributed by atoms with van der Waals surface area (Å²) < 4.78 is 19.4. The molecule has 7 heteroatoms. The maximum absolute atomic E-state index is 14.0. The van der Waals surface area contributed by atoms with E-state index in [1.165, 1.54) is 24.1 Å². The Morgan fingerprint density at radius 2 is 2.33 bits per heavy atom. The van der Waals surface area contributed by atoms with Crippen LogP contribution < -0.4 is 15.5 Å². The van der Waals surface area contributed by atoms with Crippen molar-refractivity contribution in [1.82, 2.24) is 10.6 Å². The van der Waals surface area contributed by atoms with Crippen molar-refractivity contribution in [3.8, 4) is 0 Å². The van der Waals surface area contributed by atoms with Crippen LogP contribution in [-0.2, 0) is 4.74 Å². The molecule has 21 heavy (non-hydrogen) atoms. The number of nitrogens with zero attached hydrogens (tertiary/aromatic N) is 1. The van der Waals surface area contributed by atoms with Crippen LogP contribution in [0.25, 0.3) is 0 Å². The summed E-state index contributed by atoms with van der Waals surface area (Å²) in [6.45, 7) is 1.03. The Balaban J connectivity index is 1.91. The van der Waals surface area contributed by atoms with Gasteiger partial charge >= 0.3 is 6.03 Å². The molecule has 3 amide bonds. The van der Waals surface area contributed by atoms with Crippen LogP contribution in [0.15, 0.2) is 18.2 Å². The van der Waals surface area contributed by atoms with Crippen molar-refractivity contribution < 1.29 is 18.7 Å². The zero-order valence-electron chi connectivity index (χ0n) is 11.6. The minimum Gasteiger partial charge on any atom is -0.379 e. The Bertz CT molecular complexity index is 593. The summed E-state index contributed by atoms with van der Waals surface area (Å²) in [5, 5.41) is 5.25. The smallest absolute Gasteiger partial charge is 0.322 e. The molecule has 3 rings (SSSR count). The average molecular weight is 293 g/mol. The predicted molar refractivity (Wildman–Crippen MR) is 73.8 cm³/mol. The maximum atomic E-state index is 14.0. The van der Waals surface area contributed by atoms with Crippen molar-refractivity contribution in [2.45, 2.75) is 18.5 Å². The van der Waals surface area contributed by atoms with Crippen LogP contribution in [0.2, 0.25) is 0 Å². The molecule has 2 aliphatic rings. The first-order valence-corrected chi connectivity index (χ1v) is 6.81. The normalized spacial score (nSPS) is 24.5. The zero-order chi connectivity index (χ0) is 15.0. The minimum atomic E-state index is -0.653. The summed E-state index contributed by atoms with van der Waals surface area (Å²) in [6.07, 6.45) is 0.742. The number of carbonyl (C=O) groups is 2. The number of anilines is 1. The lowest BCUT2D eigenvalue weighted by atomic mass is 10.0. The van der Waals surface area contributed by atoms with Crippen LogP contribution in [-0.4, -0.2) is 44.3 Å². The fourth-order valence-corrected chi connectivity index (χ4v) is 2.81. The first-order chi connectivity index (χ1) is 10.1. The van der Waals surface area contributed by atoms with Crippen molar-refractivity contribution in [3.05, 3.63) is 29.6 Å². The van der Waals surface area contributed by atoms with Gasteiger partial charge in [0.15, 0.2) is 0 Å². The van der Waals surface area contributed by atoms with Gasteiger partial charge < -0.3 is 15.4 Å². The number of ether oxygens (including phenoxy) is 1. The molecular weight excluding hydrogens is 277 g/mol. The van der Waals surface area contributed by atoms with Crippen LogP contribution in [0.1, 0.15) is 16.8 Å². The van der Waals surface area contributed by atoms with Gasteiger partial charge in [0.05, 0.1) is 24.3 Å². The van der Waals surface area contributed by atoms with Gasteiger partial charge in [-0.05, 0) is 24.6 Å². The third-order valence-corrected chi connectivity index (χ3v) is 3.89. The standard InChI is InChI=1S/C14H16FN3O3/c1-16-13(19)9-3-2-8(6-10(9)15)18-12-7-21-5-4-11(12)17-14(18)20/h2-3,6,11-12H,4-5,7H2,1H3,(H,16,19)(H,17,20)/t11-,12-/m1/s1. The number of benzene rings is 1. The van der Waals surface area contributed by atoms with Crippen molar-refractivity contribution >= 4 is 17.6 Å². The van der Waals surface area contributed by atoms with E-state index in [-0.39, 0.29) is 23.7 Å². The van der Waals surface area contributed by atoms with Gasteiger partial charge in [-0.15, -0.1) is 0 Å². The van der Waals surface area contributed by atoms with Crippen LogP contribution in [0.3, 0.4) is 0 Å². The van der Waals surface area contributed by atoms with Crippen molar-refractivity contribution in [2.24, 2.45) is 0 Å². The largest absolute Gasteiger partial charge is 0.379 e. The number of amides is 3. The van der Waals surface area contributed by atoms with Gasteiger partial charge in [-0.1, -0.05) is 0 Å². The third-order valence-electron chi connectivity index (χ3n) is 3.89. The Hall–Kier alpha value is -2.15. The molecule has 0 saturated carbocycles. The Morgan fingerprint density at radius 1 is 1.52 bits per heavy atom. The molecule has 0 radical (unpaired) electrons. The highest BCUT2D eigenvalue weighted by molar-refractivity contribution is 5.98. The van der Waals surface area contributed by atoms with E-state index < -0.39 is 11.7 Å². The molecule has 0 bridgehead atoms. The molecule has 2 aliphatic heterocycles. The van der Waals surface area contributed by atoms with Crippen LogP contribution in [0, 0.1) is 5.82 Å². The highest BCUT2D eigenvalue weighted by Gasteiger charge is 2.42. The van der Waals surface area contributed by atoms with Crippen molar-refractivity contribution in [3.63, 3.8) is 0 Å². The van der Waals surface area contributed by atoms with Gasteiger partial charge in [0.2, 0.25) is 0 Å². The molecule has 0 aromatic heterocycles.